The van der Waals surface area contributed by atoms with Gasteiger partial charge in [-0.05, 0) is 77.0 Å². The predicted octanol–water partition coefficient (Wildman–Crippen LogP) is 16.3. The number of hydrogen-bond acceptors (Lipinski definition) is 5. The van der Waals surface area contributed by atoms with Gasteiger partial charge in [-0.2, -0.15) is 0 Å². The molecular formula is C55H105NO5. The number of unbranched alkanes of at least 4 members (excludes halogenated alkanes) is 33. The summed E-state index contributed by atoms with van der Waals surface area (Å²) in [6.07, 6.45) is 56.6. The molecule has 0 saturated heterocycles. The first kappa shape index (κ1) is 59.3. The highest BCUT2D eigenvalue weighted by Gasteiger charge is 2.24. The maximum Gasteiger partial charge on any atom is 0.306 e. The van der Waals surface area contributed by atoms with E-state index in [2.05, 4.69) is 50.4 Å². The first-order valence-corrected chi connectivity index (χ1v) is 27.1. The van der Waals surface area contributed by atoms with Crippen molar-refractivity contribution in [1.82, 2.24) is 5.32 Å². The molecule has 0 fully saturated rings. The van der Waals surface area contributed by atoms with Gasteiger partial charge in [0.1, 0.15) is 6.10 Å². The van der Waals surface area contributed by atoms with Crippen LogP contribution in [0.2, 0.25) is 0 Å². The van der Waals surface area contributed by atoms with Crippen molar-refractivity contribution in [1.29, 1.82) is 0 Å². The number of nitrogens with one attached hydrogen (secondary N) is 1. The summed E-state index contributed by atoms with van der Waals surface area (Å²) in [6, 6.07) is -0.703. The number of amides is 1. The smallest absolute Gasteiger partial charge is 0.306 e. The van der Waals surface area contributed by atoms with Gasteiger partial charge in [0.15, 0.2) is 0 Å². The summed E-state index contributed by atoms with van der Waals surface area (Å²) in [6.45, 7) is 6.48. The lowest BCUT2D eigenvalue weighted by atomic mass is 10.0. The average Bonchev–Trinajstić information content (AvgIpc) is 3.25. The van der Waals surface area contributed by atoms with Gasteiger partial charge >= 0.3 is 5.97 Å². The molecule has 0 rings (SSSR count). The minimum atomic E-state index is -0.788. The van der Waals surface area contributed by atoms with Crippen LogP contribution in [0.15, 0.2) is 24.3 Å². The topological polar surface area (TPSA) is 95.9 Å². The van der Waals surface area contributed by atoms with Crippen LogP contribution < -0.4 is 5.32 Å². The van der Waals surface area contributed by atoms with Gasteiger partial charge in [-0.1, -0.05) is 225 Å². The van der Waals surface area contributed by atoms with Crippen LogP contribution in [0.3, 0.4) is 0 Å². The number of allylic oxidation sites excluding steroid dienone is 4. The summed E-state index contributed by atoms with van der Waals surface area (Å²) < 4.78 is 5.94. The molecule has 0 aromatic carbocycles. The molecule has 360 valence electrons. The van der Waals surface area contributed by atoms with Crippen molar-refractivity contribution in [2.24, 2.45) is 0 Å². The first-order chi connectivity index (χ1) is 30.0. The van der Waals surface area contributed by atoms with Crippen molar-refractivity contribution in [3.63, 3.8) is 0 Å². The Balaban J connectivity index is 4.57. The van der Waals surface area contributed by atoms with Crippen molar-refractivity contribution < 1.29 is 24.5 Å². The van der Waals surface area contributed by atoms with E-state index in [0.717, 1.165) is 57.8 Å². The van der Waals surface area contributed by atoms with Gasteiger partial charge in [0, 0.05) is 6.42 Å². The molecule has 0 aromatic rings. The van der Waals surface area contributed by atoms with Gasteiger partial charge in [0.2, 0.25) is 5.91 Å². The van der Waals surface area contributed by atoms with Crippen LogP contribution in [0.4, 0.5) is 0 Å². The van der Waals surface area contributed by atoms with E-state index in [9.17, 15) is 19.8 Å². The molecule has 1 amide bonds. The Bertz CT molecular complexity index is 966. The quantitative estimate of drug-likeness (QED) is 0.0322. The average molecular weight is 860 g/mol. The fraction of sp³-hybridized carbons (Fsp3) is 0.891. The lowest BCUT2D eigenvalue weighted by Crippen LogP contribution is -2.46. The summed E-state index contributed by atoms with van der Waals surface area (Å²) in [5.41, 5.74) is 0. The Morgan fingerprint density at radius 3 is 1.20 bits per heavy atom. The summed E-state index contributed by atoms with van der Waals surface area (Å²) in [5, 5.41) is 23.8. The zero-order valence-corrected chi connectivity index (χ0v) is 41.1. The molecule has 0 bridgehead atoms. The summed E-state index contributed by atoms with van der Waals surface area (Å²) in [5.74, 6) is -0.481. The number of rotatable bonds is 49. The standard InChI is InChI=1S/C55H105NO5/c1-4-7-10-13-16-19-22-25-27-30-33-36-39-42-45-48-55(60)61-51(46-43-40-37-34-31-29-26-23-20-17-14-11-8-5-2)49-54(59)56-52(50-57)53(58)47-44-41-38-35-32-28-24-21-18-15-12-9-6-3/h19,22,29,31,51-53,57-58H,4-18,20-21,23-28,30,32-50H2,1-3H3,(H,56,59)/b22-19-,31-29+. The van der Waals surface area contributed by atoms with Crippen LogP contribution in [-0.2, 0) is 14.3 Å². The van der Waals surface area contributed by atoms with Gasteiger partial charge in [0.25, 0.3) is 0 Å². The fourth-order valence-corrected chi connectivity index (χ4v) is 8.36. The molecule has 6 heteroatoms. The Labute approximate surface area is 380 Å². The second kappa shape index (κ2) is 49.4. The van der Waals surface area contributed by atoms with Gasteiger partial charge in [-0.25, -0.2) is 0 Å². The molecule has 0 radical (unpaired) electrons. The van der Waals surface area contributed by atoms with E-state index >= 15 is 0 Å². The zero-order valence-electron chi connectivity index (χ0n) is 41.1. The highest BCUT2D eigenvalue weighted by atomic mass is 16.5. The number of carbonyl (C=O) groups excluding carboxylic acids is 2. The Morgan fingerprint density at radius 1 is 0.459 bits per heavy atom. The van der Waals surface area contributed by atoms with Crippen LogP contribution in [0.5, 0.6) is 0 Å². The molecule has 3 unspecified atom stereocenters. The van der Waals surface area contributed by atoms with Gasteiger partial charge in [0.05, 0.1) is 25.2 Å². The van der Waals surface area contributed by atoms with Crippen LogP contribution in [0.1, 0.15) is 290 Å². The third-order valence-electron chi connectivity index (χ3n) is 12.5. The monoisotopic (exact) mass is 860 g/mol. The van der Waals surface area contributed by atoms with Gasteiger partial charge in [-0.15, -0.1) is 0 Å². The third kappa shape index (κ3) is 44.7. The molecule has 0 aromatic heterocycles. The van der Waals surface area contributed by atoms with Crippen molar-refractivity contribution in [2.45, 2.75) is 309 Å². The van der Waals surface area contributed by atoms with Crippen LogP contribution in [-0.4, -0.2) is 46.9 Å². The van der Waals surface area contributed by atoms with E-state index in [0.29, 0.717) is 19.3 Å². The maximum absolute atomic E-state index is 13.2. The van der Waals surface area contributed by atoms with Gasteiger partial charge in [-0.3, -0.25) is 9.59 Å². The van der Waals surface area contributed by atoms with Crippen molar-refractivity contribution in [3.05, 3.63) is 24.3 Å². The first-order valence-electron chi connectivity index (χ1n) is 27.1. The normalized spacial score (nSPS) is 13.3. The number of ether oxygens (including phenoxy) is 1. The zero-order chi connectivity index (χ0) is 44.5. The molecule has 0 aliphatic heterocycles. The number of esters is 1. The van der Waals surface area contributed by atoms with Crippen molar-refractivity contribution >= 4 is 11.9 Å². The highest BCUT2D eigenvalue weighted by Crippen LogP contribution is 2.18. The second-order valence-corrected chi connectivity index (χ2v) is 18.6. The van der Waals surface area contributed by atoms with E-state index in [1.54, 1.807) is 0 Å². The summed E-state index contributed by atoms with van der Waals surface area (Å²) >= 11 is 0. The van der Waals surface area contributed by atoms with E-state index in [1.807, 2.05) is 0 Å². The number of aliphatic hydroxyl groups is 2. The largest absolute Gasteiger partial charge is 0.462 e. The highest BCUT2D eigenvalue weighted by molar-refractivity contribution is 5.77. The maximum atomic E-state index is 13.2. The van der Waals surface area contributed by atoms with Gasteiger partial charge < -0.3 is 20.3 Å². The Hall–Kier alpha value is -1.66. The summed E-state index contributed by atoms with van der Waals surface area (Å²) in [4.78, 5) is 26.2. The molecule has 61 heavy (non-hydrogen) atoms. The molecule has 0 spiro atoms. The second-order valence-electron chi connectivity index (χ2n) is 18.6. The van der Waals surface area contributed by atoms with E-state index in [1.165, 1.54) is 186 Å². The summed E-state index contributed by atoms with van der Waals surface area (Å²) in [7, 11) is 0. The van der Waals surface area contributed by atoms with E-state index in [4.69, 9.17) is 4.74 Å². The number of hydrogen-bond donors (Lipinski definition) is 3. The lowest BCUT2D eigenvalue weighted by Gasteiger charge is -2.24. The predicted molar refractivity (Wildman–Crippen MR) is 264 cm³/mol. The molecule has 0 heterocycles. The Morgan fingerprint density at radius 2 is 0.787 bits per heavy atom. The minimum Gasteiger partial charge on any atom is -0.462 e. The Kier molecular flexibility index (Phi) is 48.0. The molecule has 6 nitrogen and oxygen atoms in total. The van der Waals surface area contributed by atoms with Crippen LogP contribution in [0, 0.1) is 0 Å². The van der Waals surface area contributed by atoms with Crippen LogP contribution in [0.25, 0.3) is 0 Å². The van der Waals surface area contributed by atoms with Crippen molar-refractivity contribution in [3.8, 4) is 0 Å². The molecule has 0 saturated carbocycles. The van der Waals surface area contributed by atoms with Crippen LogP contribution >= 0.6 is 0 Å². The molecule has 0 aliphatic rings. The minimum absolute atomic E-state index is 0.0695. The number of carbonyl (C=O) groups is 2. The lowest BCUT2D eigenvalue weighted by molar-refractivity contribution is -0.151. The molecule has 3 N–H and O–H groups in total. The van der Waals surface area contributed by atoms with E-state index in [-0.39, 0.29) is 24.9 Å². The third-order valence-corrected chi connectivity index (χ3v) is 12.5. The van der Waals surface area contributed by atoms with Crippen molar-refractivity contribution in [2.75, 3.05) is 6.61 Å². The molecular weight excluding hydrogens is 755 g/mol. The molecule has 3 atom stereocenters. The SMILES string of the molecule is CCCCCC/C=C\CCCCCCCCCC(=O)OC(CCCCC/C=C/CCCCCCCCC)CC(=O)NC(CO)C(O)CCCCCCCCCCCCCCC. The molecule has 0 aliphatic carbocycles. The van der Waals surface area contributed by atoms with E-state index < -0.39 is 18.2 Å². The number of aliphatic hydroxyl groups excluding tert-OH is 2. The fourth-order valence-electron chi connectivity index (χ4n) is 8.36.